The van der Waals surface area contributed by atoms with Crippen LogP contribution in [0.1, 0.15) is 36.9 Å². The van der Waals surface area contributed by atoms with Crippen LogP contribution in [0.5, 0.6) is 0 Å². The Morgan fingerprint density at radius 1 is 0.882 bits per heavy atom. The molecule has 1 amide bonds. The number of rotatable bonds is 3. The van der Waals surface area contributed by atoms with Crippen LogP contribution in [0.2, 0.25) is 0 Å². The highest BCUT2D eigenvalue weighted by molar-refractivity contribution is 5.86. The van der Waals surface area contributed by atoms with Crippen LogP contribution in [0, 0.1) is 12.3 Å². The van der Waals surface area contributed by atoms with E-state index in [4.69, 9.17) is 4.98 Å². The maximum atomic E-state index is 13.8. The summed E-state index contributed by atoms with van der Waals surface area (Å²) in [6, 6.07) is 18.3. The van der Waals surface area contributed by atoms with E-state index in [9.17, 15) is 4.79 Å². The number of para-hydroxylation sites is 3. The summed E-state index contributed by atoms with van der Waals surface area (Å²) in [6.45, 7) is 5.19. The number of pyridine rings is 1. The number of carbonyl (C=O) groups excluding carboxylic acids is 1. The van der Waals surface area contributed by atoms with Crippen molar-refractivity contribution in [1.82, 2.24) is 19.9 Å². The van der Waals surface area contributed by atoms with Gasteiger partial charge in [-0.2, -0.15) is 0 Å². The number of anilines is 1. The zero-order valence-corrected chi connectivity index (χ0v) is 19.6. The number of piperidine rings is 2. The monoisotopic (exact) mass is 451 g/mol. The Morgan fingerprint density at radius 2 is 1.62 bits per heavy atom. The van der Waals surface area contributed by atoms with Gasteiger partial charge in [-0.05, 0) is 62.4 Å². The highest BCUT2D eigenvalue weighted by atomic mass is 16.2. The highest BCUT2D eigenvalue weighted by Crippen LogP contribution is 2.42. The van der Waals surface area contributed by atoms with Gasteiger partial charge in [0.1, 0.15) is 5.82 Å². The van der Waals surface area contributed by atoms with Gasteiger partial charge in [0.2, 0.25) is 5.91 Å². The molecule has 0 saturated carbocycles. The molecular weight excluding hydrogens is 422 g/mol. The number of likely N-dealkylation sites (tertiary alicyclic amines) is 1. The summed E-state index contributed by atoms with van der Waals surface area (Å²) in [7, 11) is 0. The Hall–Kier alpha value is -3.54. The van der Waals surface area contributed by atoms with Crippen LogP contribution in [0.3, 0.4) is 0 Å². The Morgan fingerprint density at radius 3 is 2.44 bits per heavy atom. The highest BCUT2D eigenvalue weighted by Gasteiger charge is 2.45. The molecule has 2 aromatic carbocycles. The maximum Gasteiger partial charge on any atom is 0.229 e. The van der Waals surface area contributed by atoms with Crippen molar-refractivity contribution in [2.45, 2.75) is 39.2 Å². The first-order valence-corrected chi connectivity index (χ1v) is 12.2. The van der Waals surface area contributed by atoms with Crippen molar-refractivity contribution in [1.29, 1.82) is 0 Å². The van der Waals surface area contributed by atoms with Gasteiger partial charge in [0.25, 0.3) is 0 Å². The summed E-state index contributed by atoms with van der Waals surface area (Å²) in [5.41, 5.74) is 4.77. The SMILES string of the molecule is Cc1cc(CN2CCCC3(CCN(c4cnc5ccccc5n4)CC3)C2=O)c2ccccc2n1. The summed E-state index contributed by atoms with van der Waals surface area (Å²) in [4.78, 5) is 32.3. The van der Waals surface area contributed by atoms with Gasteiger partial charge in [-0.25, -0.2) is 4.98 Å². The fraction of sp³-hybridized carbons (Fsp3) is 0.357. The minimum absolute atomic E-state index is 0.253. The van der Waals surface area contributed by atoms with Crippen LogP contribution in [0.25, 0.3) is 21.9 Å². The molecule has 6 heteroatoms. The van der Waals surface area contributed by atoms with E-state index < -0.39 is 0 Å². The van der Waals surface area contributed by atoms with Crippen LogP contribution >= 0.6 is 0 Å². The van der Waals surface area contributed by atoms with Crippen molar-refractivity contribution in [3.05, 3.63) is 72.1 Å². The second-order valence-electron chi connectivity index (χ2n) is 9.75. The molecule has 0 N–H and O–H groups in total. The third-order valence-corrected chi connectivity index (χ3v) is 7.60. The lowest BCUT2D eigenvalue weighted by Crippen LogP contribution is -2.53. The average Bonchev–Trinajstić information content (AvgIpc) is 2.87. The van der Waals surface area contributed by atoms with Crippen LogP contribution in [0.15, 0.2) is 60.8 Å². The molecule has 6 rings (SSSR count). The fourth-order valence-corrected chi connectivity index (χ4v) is 5.76. The summed E-state index contributed by atoms with van der Waals surface area (Å²) in [6.07, 6.45) is 5.64. The average molecular weight is 452 g/mol. The molecule has 0 atom stereocenters. The number of aryl methyl sites for hydroxylation is 1. The second kappa shape index (κ2) is 8.35. The van der Waals surface area contributed by atoms with Crippen LogP contribution < -0.4 is 4.90 Å². The van der Waals surface area contributed by atoms with Crippen molar-refractivity contribution in [3.63, 3.8) is 0 Å². The largest absolute Gasteiger partial charge is 0.355 e. The quantitative estimate of drug-likeness (QED) is 0.444. The first kappa shape index (κ1) is 21.0. The topological polar surface area (TPSA) is 62.2 Å². The number of carbonyl (C=O) groups is 1. The van der Waals surface area contributed by atoms with Gasteiger partial charge in [0.15, 0.2) is 0 Å². The van der Waals surface area contributed by atoms with E-state index >= 15 is 0 Å². The van der Waals surface area contributed by atoms with Gasteiger partial charge in [-0.3, -0.25) is 14.8 Å². The Labute approximate surface area is 199 Å². The molecule has 2 saturated heterocycles. The third kappa shape index (κ3) is 3.67. The van der Waals surface area contributed by atoms with E-state index in [1.165, 1.54) is 5.56 Å². The molecule has 6 nitrogen and oxygen atoms in total. The lowest BCUT2D eigenvalue weighted by Gasteiger charge is -2.46. The van der Waals surface area contributed by atoms with Crippen LogP contribution in [-0.2, 0) is 11.3 Å². The van der Waals surface area contributed by atoms with Gasteiger partial charge < -0.3 is 9.80 Å². The second-order valence-corrected chi connectivity index (χ2v) is 9.75. The summed E-state index contributed by atoms with van der Waals surface area (Å²) in [5, 5.41) is 1.14. The maximum absolute atomic E-state index is 13.8. The zero-order chi connectivity index (χ0) is 23.1. The molecule has 34 heavy (non-hydrogen) atoms. The molecular formula is C28H29N5O. The van der Waals surface area contributed by atoms with Crippen molar-refractivity contribution < 1.29 is 4.79 Å². The minimum atomic E-state index is -0.253. The lowest BCUT2D eigenvalue weighted by molar-refractivity contribution is -0.148. The molecule has 4 aromatic rings. The first-order valence-electron chi connectivity index (χ1n) is 12.2. The van der Waals surface area contributed by atoms with E-state index in [2.05, 4.69) is 38.0 Å². The van der Waals surface area contributed by atoms with Gasteiger partial charge in [-0.15, -0.1) is 0 Å². The summed E-state index contributed by atoms with van der Waals surface area (Å²) < 4.78 is 0. The number of hydrogen-bond donors (Lipinski definition) is 0. The number of nitrogens with zero attached hydrogens (tertiary/aromatic N) is 5. The molecule has 0 unspecified atom stereocenters. The normalized spacial score (nSPS) is 18.2. The van der Waals surface area contributed by atoms with Crippen molar-refractivity contribution >= 4 is 33.7 Å². The number of aromatic nitrogens is 3. The summed E-state index contributed by atoms with van der Waals surface area (Å²) in [5.74, 6) is 1.23. The molecule has 4 heterocycles. The number of fused-ring (bicyclic) bond motifs is 2. The molecule has 0 bridgehead atoms. The van der Waals surface area contributed by atoms with E-state index in [0.717, 1.165) is 78.8 Å². The van der Waals surface area contributed by atoms with Crippen LogP contribution in [0.4, 0.5) is 5.82 Å². The standard InChI is InChI=1S/C28H29N5O/c1-20-17-21(22-7-2-3-8-23(22)30-20)19-33-14-6-11-28(27(33)34)12-15-32(16-13-28)26-18-29-24-9-4-5-10-25(24)31-26/h2-5,7-10,17-18H,6,11-16,19H2,1H3. The van der Waals surface area contributed by atoms with E-state index in [-0.39, 0.29) is 5.41 Å². The van der Waals surface area contributed by atoms with Gasteiger partial charge in [0, 0.05) is 37.3 Å². The molecule has 2 aromatic heterocycles. The Bertz CT molecular complexity index is 1380. The minimum Gasteiger partial charge on any atom is -0.355 e. The van der Waals surface area contributed by atoms with Crippen molar-refractivity contribution in [3.8, 4) is 0 Å². The van der Waals surface area contributed by atoms with Gasteiger partial charge in [-0.1, -0.05) is 30.3 Å². The van der Waals surface area contributed by atoms with Crippen molar-refractivity contribution in [2.24, 2.45) is 5.41 Å². The first-order chi connectivity index (χ1) is 16.6. The van der Waals surface area contributed by atoms with E-state index in [1.807, 2.05) is 49.5 Å². The molecule has 2 aliphatic rings. The molecule has 0 radical (unpaired) electrons. The third-order valence-electron chi connectivity index (χ3n) is 7.60. The Kier molecular flexibility index (Phi) is 5.16. The smallest absolute Gasteiger partial charge is 0.229 e. The number of benzene rings is 2. The molecule has 172 valence electrons. The predicted octanol–water partition coefficient (Wildman–Crippen LogP) is 4.90. The lowest BCUT2D eigenvalue weighted by atomic mass is 9.71. The number of hydrogen-bond acceptors (Lipinski definition) is 5. The van der Waals surface area contributed by atoms with Gasteiger partial charge in [0.05, 0.1) is 28.2 Å². The zero-order valence-electron chi connectivity index (χ0n) is 19.6. The summed E-state index contributed by atoms with van der Waals surface area (Å²) >= 11 is 0. The Balaban J connectivity index is 1.20. The van der Waals surface area contributed by atoms with Gasteiger partial charge >= 0.3 is 0 Å². The fourth-order valence-electron chi connectivity index (χ4n) is 5.76. The predicted molar refractivity (Wildman–Crippen MR) is 135 cm³/mol. The van der Waals surface area contributed by atoms with E-state index in [1.54, 1.807) is 0 Å². The molecule has 2 fully saturated rings. The van der Waals surface area contributed by atoms with Crippen molar-refractivity contribution in [2.75, 3.05) is 24.5 Å². The molecule has 1 spiro atoms. The van der Waals surface area contributed by atoms with E-state index in [0.29, 0.717) is 12.5 Å². The molecule has 2 aliphatic heterocycles. The number of amides is 1. The molecule has 0 aliphatic carbocycles. The van der Waals surface area contributed by atoms with Crippen LogP contribution in [-0.4, -0.2) is 45.4 Å².